The molecule has 3 aromatic rings. The molecule has 0 amide bonds. The highest BCUT2D eigenvalue weighted by atomic mass is 16.5. The Hall–Kier alpha value is -2.49. The summed E-state index contributed by atoms with van der Waals surface area (Å²) in [5, 5.41) is 11.7. The summed E-state index contributed by atoms with van der Waals surface area (Å²) in [6.07, 6.45) is 0. The molecule has 0 aliphatic carbocycles. The summed E-state index contributed by atoms with van der Waals surface area (Å²) in [6.45, 7) is 2.07. The molecule has 3 rings (SSSR count). The third-order valence-corrected chi connectivity index (χ3v) is 3.07. The van der Waals surface area contributed by atoms with Crippen molar-refractivity contribution < 1.29 is 4.74 Å². The van der Waals surface area contributed by atoms with E-state index in [1.165, 1.54) is 5.56 Å². The fraction of sp³-hybridized carbons (Fsp3) is 0.133. The number of hydrogen-bond donors (Lipinski definition) is 2. The van der Waals surface area contributed by atoms with E-state index in [1.54, 1.807) is 7.11 Å². The van der Waals surface area contributed by atoms with Crippen molar-refractivity contribution in [3.63, 3.8) is 0 Å². The fourth-order valence-corrected chi connectivity index (χ4v) is 2.03. The van der Waals surface area contributed by atoms with Crippen LogP contribution in [0.25, 0.3) is 10.9 Å². The quantitative estimate of drug-likeness (QED) is 0.749. The highest BCUT2D eigenvalue weighted by molar-refractivity contribution is 5.91. The number of nitrogens with one attached hydrogen (secondary N) is 2. The van der Waals surface area contributed by atoms with Crippen LogP contribution in [-0.2, 0) is 0 Å². The summed E-state index contributed by atoms with van der Waals surface area (Å²) in [7, 11) is 1.66. The third kappa shape index (κ3) is 2.25. The zero-order valence-electron chi connectivity index (χ0n) is 10.9. The lowest BCUT2D eigenvalue weighted by Crippen LogP contribution is -1.91. The number of rotatable bonds is 3. The first-order valence-electron chi connectivity index (χ1n) is 6.12. The van der Waals surface area contributed by atoms with Gasteiger partial charge in [-0.3, -0.25) is 5.10 Å². The molecule has 0 radical (unpaired) electrons. The molecule has 2 aromatic carbocycles. The van der Waals surface area contributed by atoms with Crippen molar-refractivity contribution in [2.75, 3.05) is 12.4 Å². The summed E-state index contributed by atoms with van der Waals surface area (Å²) in [6, 6.07) is 14.0. The summed E-state index contributed by atoms with van der Waals surface area (Å²) >= 11 is 0. The van der Waals surface area contributed by atoms with Gasteiger partial charge in [0.1, 0.15) is 5.75 Å². The average Bonchev–Trinajstić information content (AvgIpc) is 2.82. The fourth-order valence-electron chi connectivity index (χ4n) is 2.03. The smallest absolute Gasteiger partial charge is 0.160 e. The Morgan fingerprint density at radius 3 is 2.63 bits per heavy atom. The van der Waals surface area contributed by atoms with E-state index in [9.17, 15) is 0 Å². The predicted octanol–water partition coefficient (Wildman–Crippen LogP) is 3.62. The van der Waals surface area contributed by atoms with Crippen molar-refractivity contribution >= 4 is 22.4 Å². The van der Waals surface area contributed by atoms with E-state index in [0.29, 0.717) is 0 Å². The third-order valence-electron chi connectivity index (χ3n) is 3.07. The molecular weight excluding hydrogens is 238 g/mol. The van der Waals surface area contributed by atoms with E-state index in [0.717, 1.165) is 28.2 Å². The number of H-pyrrole nitrogens is 1. The van der Waals surface area contributed by atoms with Gasteiger partial charge in [0.05, 0.1) is 12.6 Å². The van der Waals surface area contributed by atoms with Crippen LogP contribution in [0, 0.1) is 6.92 Å². The molecule has 0 aliphatic rings. The maximum atomic E-state index is 5.14. The molecule has 1 aromatic heterocycles. The van der Waals surface area contributed by atoms with Crippen LogP contribution in [0.15, 0.2) is 42.5 Å². The molecule has 0 spiro atoms. The summed E-state index contributed by atoms with van der Waals surface area (Å²) in [4.78, 5) is 0. The Kier molecular flexibility index (Phi) is 2.83. The molecule has 0 aliphatic heterocycles. The van der Waals surface area contributed by atoms with Gasteiger partial charge in [-0.1, -0.05) is 11.6 Å². The zero-order valence-corrected chi connectivity index (χ0v) is 10.9. The minimum Gasteiger partial charge on any atom is -0.497 e. The highest BCUT2D eigenvalue weighted by Crippen LogP contribution is 2.25. The number of benzene rings is 2. The molecule has 19 heavy (non-hydrogen) atoms. The van der Waals surface area contributed by atoms with Crippen LogP contribution in [0.5, 0.6) is 5.75 Å². The van der Waals surface area contributed by atoms with E-state index >= 15 is 0 Å². The second-order valence-corrected chi connectivity index (χ2v) is 4.47. The van der Waals surface area contributed by atoms with Gasteiger partial charge >= 0.3 is 0 Å². The van der Waals surface area contributed by atoms with Crippen molar-refractivity contribution in [2.24, 2.45) is 0 Å². The number of ether oxygens (including phenoxy) is 1. The highest BCUT2D eigenvalue weighted by Gasteiger charge is 2.05. The van der Waals surface area contributed by atoms with Crippen molar-refractivity contribution in [3.05, 3.63) is 48.0 Å². The van der Waals surface area contributed by atoms with Crippen LogP contribution in [0.4, 0.5) is 11.5 Å². The lowest BCUT2D eigenvalue weighted by Gasteiger charge is -2.05. The van der Waals surface area contributed by atoms with Gasteiger partial charge in [-0.25, -0.2) is 0 Å². The topological polar surface area (TPSA) is 49.9 Å². The molecular formula is C15H15N3O. The van der Waals surface area contributed by atoms with Crippen LogP contribution in [0.1, 0.15) is 5.56 Å². The number of methoxy groups -OCH3 is 1. The van der Waals surface area contributed by atoms with Gasteiger partial charge in [0.2, 0.25) is 0 Å². The molecule has 0 unspecified atom stereocenters. The molecule has 4 heteroatoms. The van der Waals surface area contributed by atoms with Crippen molar-refractivity contribution in [1.29, 1.82) is 0 Å². The number of aromatic nitrogens is 2. The maximum absolute atomic E-state index is 5.14. The van der Waals surface area contributed by atoms with Gasteiger partial charge in [0, 0.05) is 11.1 Å². The molecule has 0 atom stereocenters. The second kappa shape index (κ2) is 4.65. The van der Waals surface area contributed by atoms with Crippen molar-refractivity contribution in [1.82, 2.24) is 10.2 Å². The van der Waals surface area contributed by atoms with Gasteiger partial charge < -0.3 is 10.1 Å². The lowest BCUT2D eigenvalue weighted by atomic mass is 10.2. The van der Waals surface area contributed by atoms with Gasteiger partial charge in [-0.05, 0) is 43.3 Å². The molecule has 0 bridgehead atoms. The average molecular weight is 253 g/mol. The van der Waals surface area contributed by atoms with Gasteiger partial charge in [0.15, 0.2) is 5.82 Å². The number of nitrogens with zero attached hydrogens (tertiary/aromatic N) is 1. The Bertz CT molecular complexity index is 701. The van der Waals surface area contributed by atoms with E-state index in [-0.39, 0.29) is 0 Å². The minimum atomic E-state index is 0.837. The van der Waals surface area contributed by atoms with Crippen LogP contribution >= 0.6 is 0 Å². The molecule has 0 fully saturated rings. The largest absolute Gasteiger partial charge is 0.497 e. The zero-order chi connectivity index (χ0) is 13.2. The first-order chi connectivity index (χ1) is 9.26. The molecule has 96 valence electrons. The van der Waals surface area contributed by atoms with E-state index in [4.69, 9.17) is 4.74 Å². The van der Waals surface area contributed by atoms with Crippen molar-refractivity contribution in [2.45, 2.75) is 6.92 Å². The molecule has 2 N–H and O–H groups in total. The van der Waals surface area contributed by atoms with E-state index < -0.39 is 0 Å². The first-order valence-corrected chi connectivity index (χ1v) is 6.12. The molecule has 4 nitrogen and oxygen atoms in total. The Labute approximate surface area is 111 Å². The molecule has 1 heterocycles. The van der Waals surface area contributed by atoms with Crippen molar-refractivity contribution in [3.8, 4) is 5.75 Å². The SMILES string of the molecule is COc1ccc(Nc2n[nH]c3ccc(C)cc23)cc1. The van der Waals surface area contributed by atoms with Crippen LogP contribution in [-0.4, -0.2) is 17.3 Å². The normalized spacial score (nSPS) is 10.6. The summed E-state index contributed by atoms with van der Waals surface area (Å²) < 4.78 is 5.14. The van der Waals surface area contributed by atoms with Crippen LogP contribution < -0.4 is 10.1 Å². The summed E-state index contributed by atoms with van der Waals surface area (Å²) in [5.74, 6) is 1.68. The number of aryl methyl sites for hydroxylation is 1. The molecule has 0 saturated carbocycles. The standard InChI is InChI=1S/C15H15N3O/c1-10-3-8-14-13(9-10)15(18-17-14)16-11-4-6-12(19-2)7-5-11/h3-9H,1-2H3,(H2,16,17,18). The number of aromatic amines is 1. The van der Waals surface area contributed by atoms with E-state index in [1.807, 2.05) is 30.3 Å². The Morgan fingerprint density at radius 2 is 1.89 bits per heavy atom. The summed E-state index contributed by atoms with van der Waals surface area (Å²) in [5.41, 5.74) is 3.23. The Morgan fingerprint density at radius 1 is 1.11 bits per heavy atom. The van der Waals surface area contributed by atoms with Gasteiger partial charge in [-0.2, -0.15) is 5.10 Å². The van der Waals surface area contributed by atoms with Crippen LogP contribution in [0.2, 0.25) is 0 Å². The maximum Gasteiger partial charge on any atom is 0.160 e. The van der Waals surface area contributed by atoms with Gasteiger partial charge in [0.25, 0.3) is 0 Å². The van der Waals surface area contributed by atoms with E-state index in [2.05, 4.69) is 34.6 Å². The monoisotopic (exact) mass is 253 g/mol. The number of fused-ring (bicyclic) bond motifs is 1. The predicted molar refractivity (Wildman–Crippen MR) is 77.1 cm³/mol. The lowest BCUT2D eigenvalue weighted by molar-refractivity contribution is 0.415. The number of hydrogen-bond acceptors (Lipinski definition) is 3. The Balaban J connectivity index is 1.93. The number of anilines is 2. The minimum absolute atomic E-state index is 0.837. The molecule has 0 saturated heterocycles. The van der Waals surface area contributed by atoms with Crippen LogP contribution in [0.3, 0.4) is 0 Å². The van der Waals surface area contributed by atoms with Gasteiger partial charge in [-0.15, -0.1) is 0 Å². The first kappa shape index (κ1) is 11.6. The second-order valence-electron chi connectivity index (χ2n) is 4.47.